The smallest absolute Gasteiger partial charge is 0.226 e. The van der Waals surface area contributed by atoms with E-state index in [1.165, 1.54) is 12.8 Å². The molecule has 0 amide bonds. The fraction of sp³-hybridized carbons (Fsp3) is 0.389. The van der Waals surface area contributed by atoms with E-state index >= 15 is 0 Å². The minimum Gasteiger partial charge on any atom is -0.444 e. The molecule has 5 nitrogen and oxygen atoms in total. The number of aromatic nitrogens is 4. The lowest BCUT2D eigenvalue weighted by molar-refractivity contribution is 0.573. The quantitative estimate of drug-likeness (QED) is 0.545. The van der Waals surface area contributed by atoms with E-state index in [4.69, 9.17) is 16.0 Å². The van der Waals surface area contributed by atoms with Crippen LogP contribution < -0.4 is 0 Å². The standard InChI is InChI=1S/C18H19ClN4OS/c1-11(2)16-21-22-18(23(16)15-6-7-15)25-10-14-9-24-17(20-14)12-4-3-5-13(19)8-12/h3-5,8-9,11,15H,6-7,10H2,1-2H3. The first kappa shape index (κ1) is 16.7. The van der Waals surface area contributed by atoms with Crippen molar-refractivity contribution in [1.29, 1.82) is 0 Å². The van der Waals surface area contributed by atoms with Crippen LogP contribution in [-0.2, 0) is 5.75 Å². The highest BCUT2D eigenvalue weighted by atomic mass is 35.5. The Morgan fingerprint density at radius 3 is 2.88 bits per heavy atom. The lowest BCUT2D eigenvalue weighted by Crippen LogP contribution is -2.04. The lowest BCUT2D eigenvalue weighted by Gasteiger charge is -2.10. The van der Waals surface area contributed by atoms with Crippen LogP contribution in [0, 0.1) is 0 Å². The summed E-state index contributed by atoms with van der Waals surface area (Å²) in [7, 11) is 0. The molecule has 1 fully saturated rings. The van der Waals surface area contributed by atoms with Crippen LogP contribution in [0.5, 0.6) is 0 Å². The zero-order valence-electron chi connectivity index (χ0n) is 14.1. The maximum absolute atomic E-state index is 6.03. The van der Waals surface area contributed by atoms with E-state index < -0.39 is 0 Å². The number of oxazole rings is 1. The van der Waals surface area contributed by atoms with Gasteiger partial charge in [-0.1, -0.05) is 43.3 Å². The summed E-state index contributed by atoms with van der Waals surface area (Å²) in [5.74, 6) is 2.74. The van der Waals surface area contributed by atoms with E-state index in [-0.39, 0.29) is 0 Å². The molecule has 0 atom stereocenters. The third-order valence-corrected chi connectivity index (χ3v) is 5.30. The maximum atomic E-state index is 6.03. The highest BCUT2D eigenvalue weighted by molar-refractivity contribution is 7.98. The first-order valence-electron chi connectivity index (χ1n) is 8.39. The summed E-state index contributed by atoms with van der Waals surface area (Å²) in [6, 6.07) is 8.08. The van der Waals surface area contributed by atoms with Gasteiger partial charge in [-0.15, -0.1) is 10.2 Å². The Kier molecular flexibility index (Phi) is 4.56. The monoisotopic (exact) mass is 374 g/mol. The Balaban J connectivity index is 1.49. The van der Waals surface area contributed by atoms with Gasteiger partial charge >= 0.3 is 0 Å². The SMILES string of the molecule is CC(C)c1nnc(SCc2coc(-c3cccc(Cl)c3)n2)n1C1CC1. The number of rotatable bonds is 6. The second-order valence-corrected chi connectivity index (χ2v) is 7.92. The highest BCUT2D eigenvalue weighted by Crippen LogP contribution is 2.40. The fourth-order valence-electron chi connectivity index (χ4n) is 2.72. The molecular formula is C18H19ClN4OS. The molecule has 0 aliphatic heterocycles. The van der Waals surface area contributed by atoms with E-state index in [1.54, 1.807) is 18.0 Å². The summed E-state index contributed by atoms with van der Waals surface area (Å²) in [5.41, 5.74) is 1.77. The molecule has 3 aromatic rings. The molecule has 130 valence electrons. The van der Waals surface area contributed by atoms with Gasteiger partial charge in [-0.2, -0.15) is 0 Å². The van der Waals surface area contributed by atoms with E-state index in [0.717, 1.165) is 22.2 Å². The Hall–Kier alpha value is -1.79. The van der Waals surface area contributed by atoms with Crippen molar-refractivity contribution in [3.63, 3.8) is 0 Å². The fourth-order valence-corrected chi connectivity index (χ4v) is 3.80. The highest BCUT2D eigenvalue weighted by Gasteiger charge is 2.30. The molecular weight excluding hydrogens is 356 g/mol. The molecule has 7 heteroatoms. The molecule has 0 saturated heterocycles. The summed E-state index contributed by atoms with van der Waals surface area (Å²) >= 11 is 7.69. The first-order valence-corrected chi connectivity index (χ1v) is 9.76. The maximum Gasteiger partial charge on any atom is 0.226 e. The molecule has 0 unspecified atom stereocenters. The van der Waals surface area contributed by atoms with Crippen LogP contribution in [0.15, 0.2) is 40.1 Å². The second kappa shape index (κ2) is 6.84. The lowest BCUT2D eigenvalue weighted by atomic mass is 10.2. The molecule has 1 aliphatic rings. The molecule has 4 rings (SSSR count). The third-order valence-electron chi connectivity index (χ3n) is 4.09. The molecule has 25 heavy (non-hydrogen) atoms. The normalized spacial score (nSPS) is 14.4. The Labute approximate surface area is 155 Å². The molecule has 0 N–H and O–H groups in total. The average Bonchev–Trinajstić information content (AvgIpc) is 3.16. The van der Waals surface area contributed by atoms with Crippen molar-refractivity contribution >= 4 is 23.4 Å². The summed E-state index contributed by atoms with van der Waals surface area (Å²) in [6.45, 7) is 4.32. The van der Waals surface area contributed by atoms with Gasteiger partial charge in [0, 0.05) is 28.3 Å². The van der Waals surface area contributed by atoms with Gasteiger partial charge in [0.05, 0.1) is 5.69 Å². The predicted molar refractivity (Wildman–Crippen MR) is 98.9 cm³/mol. The van der Waals surface area contributed by atoms with Crippen LogP contribution in [0.4, 0.5) is 0 Å². The van der Waals surface area contributed by atoms with Crippen LogP contribution in [0.3, 0.4) is 0 Å². The average molecular weight is 375 g/mol. The van der Waals surface area contributed by atoms with Gasteiger partial charge in [0.2, 0.25) is 5.89 Å². The van der Waals surface area contributed by atoms with Gasteiger partial charge in [0.1, 0.15) is 12.1 Å². The summed E-state index contributed by atoms with van der Waals surface area (Å²) in [5, 5.41) is 10.4. The predicted octanol–water partition coefficient (Wildman–Crippen LogP) is 5.34. The molecule has 1 aliphatic carbocycles. The Morgan fingerprint density at radius 2 is 2.16 bits per heavy atom. The first-order chi connectivity index (χ1) is 12.1. The van der Waals surface area contributed by atoms with Crippen molar-refractivity contribution in [3.05, 3.63) is 47.1 Å². The molecule has 1 aromatic carbocycles. The van der Waals surface area contributed by atoms with Crippen molar-refractivity contribution in [2.45, 2.75) is 49.6 Å². The van der Waals surface area contributed by atoms with E-state index in [0.29, 0.717) is 28.6 Å². The molecule has 0 spiro atoms. The number of hydrogen-bond donors (Lipinski definition) is 0. The number of nitrogens with zero attached hydrogens (tertiary/aromatic N) is 4. The summed E-state index contributed by atoms with van der Waals surface area (Å²) in [4.78, 5) is 4.57. The topological polar surface area (TPSA) is 56.7 Å². The van der Waals surface area contributed by atoms with Gasteiger partial charge in [-0.3, -0.25) is 0 Å². The van der Waals surface area contributed by atoms with Crippen LogP contribution >= 0.6 is 23.4 Å². The largest absolute Gasteiger partial charge is 0.444 e. The Morgan fingerprint density at radius 1 is 1.32 bits per heavy atom. The molecule has 0 bridgehead atoms. The van der Waals surface area contributed by atoms with Gasteiger partial charge in [-0.25, -0.2) is 4.98 Å². The van der Waals surface area contributed by atoms with Gasteiger partial charge < -0.3 is 8.98 Å². The number of benzene rings is 1. The van der Waals surface area contributed by atoms with E-state index in [1.807, 2.05) is 24.3 Å². The molecule has 0 radical (unpaired) electrons. The van der Waals surface area contributed by atoms with Crippen molar-refractivity contribution in [2.75, 3.05) is 0 Å². The van der Waals surface area contributed by atoms with Crippen molar-refractivity contribution < 1.29 is 4.42 Å². The van der Waals surface area contributed by atoms with Gasteiger partial charge in [-0.05, 0) is 31.0 Å². The van der Waals surface area contributed by atoms with Gasteiger partial charge in [0.25, 0.3) is 0 Å². The second-order valence-electron chi connectivity index (χ2n) is 6.54. The summed E-state index contributed by atoms with van der Waals surface area (Å²) < 4.78 is 7.90. The molecule has 1 saturated carbocycles. The van der Waals surface area contributed by atoms with Crippen LogP contribution in [0.1, 0.15) is 50.2 Å². The Bertz CT molecular complexity index is 885. The minimum absolute atomic E-state index is 0.379. The zero-order chi connectivity index (χ0) is 17.4. The molecule has 2 heterocycles. The summed E-state index contributed by atoms with van der Waals surface area (Å²) in [6.07, 6.45) is 4.13. The van der Waals surface area contributed by atoms with Gasteiger partial charge in [0.15, 0.2) is 5.16 Å². The minimum atomic E-state index is 0.379. The van der Waals surface area contributed by atoms with Crippen LogP contribution in [-0.4, -0.2) is 19.7 Å². The number of halogens is 1. The zero-order valence-corrected chi connectivity index (χ0v) is 15.7. The molecule has 2 aromatic heterocycles. The van der Waals surface area contributed by atoms with E-state index in [9.17, 15) is 0 Å². The van der Waals surface area contributed by atoms with Crippen LogP contribution in [0.2, 0.25) is 5.02 Å². The van der Waals surface area contributed by atoms with Crippen molar-refractivity contribution in [3.8, 4) is 11.5 Å². The van der Waals surface area contributed by atoms with Crippen molar-refractivity contribution in [2.24, 2.45) is 0 Å². The van der Waals surface area contributed by atoms with Crippen molar-refractivity contribution in [1.82, 2.24) is 19.7 Å². The third kappa shape index (κ3) is 3.60. The van der Waals surface area contributed by atoms with Crippen LogP contribution in [0.25, 0.3) is 11.5 Å². The number of hydrogen-bond acceptors (Lipinski definition) is 5. The van der Waals surface area contributed by atoms with E-state index in [2.05, 4.69) is 33.6 Å². The number of thioether (sulfide) groups is 1.